The Morgan fingerprint density at radius 3 is 1.53 bits per heavy atom. The molecule has 2 rings (SSSR count). The molecule has 0 aliphatic rings. The molecule has 0 atom stereocenters. The Balaban J connectivity index is 2.73. The summed E-state index contributed by atoms with van der Waals surface area (Å²) < 4.78 is 96.5. The van der Waals surface area contributed by atoms with Crippen LogP contribution in [-0.2, 0) is 0 Å². The first-order chi connectivity index (χ1) is 12.4. The van der Waals surface area contributed by atoms with Crippen molar-refractivity contribution >= 4 is 11.4 Å². The molecule has 76 valence electrons. The Kier molecular flexibility index (Phi) is 0.704. The first kappa shape index (κ1) is 2.70. The molecular weight excluding hydrogens is 188 g/mol. The number of anilines is 2. The average Bonchev–Trinajstić information content (AvgIpc) is 2.57. The summed E-state index contributed by atoms with van der Waals surface area (Å²) in [6.07, 6.45) is 0. The zero-order chi connectivity index (χ0) is 20.8. The van der Waals surface area contributed by atoms with Crippen molar-refractivity contribution in [2.45, 2.75) is 0 Å². The fourth-order valence-corrected chi connectivity index (χ4v) is 0.793. The highest BCUT2D eigenvalue weighted by Crippen LogP contribution is 2.22. The Bertz CT molecular complexity index is 785. The highest BCUT2D eigenvalue weighted by atomic mass is 16.5. The molecular formula is C12H12N2O. The van der Waals surface area contributed by atoms with Gasteiger partial charge in [-0.25, -0.2) is 0 Å². The number of hydrogen-bond donors (Lipinski definition) is 2. The molecule has 0 saturated carbocycles. The van der Waals surface area contributed by atoms with E-state index in [-0.39, 0.29) is 11.4 Å². The topological polar surface area (TPSA) is 61.3 Å². The third-order valence-electron chi connectivity index (χ3n) is 1.38. The van der Waals surface area contributed by atoms with Crippen LogP contribution in [0.5, 0.6) is 11.5 Å². The van der Waals surface area contributed by atoms with Gasteiger partial charge in [0.25, 0.3) is 0 Å². The molecule has 3 heteroatoms. The summed E-state index contributed by atoms with van der Waals surface area (Å²) in [5, 5.41) is 0. The monoisotopic (exact) mass is 212 g/mol. The molecule has 15 heavy (non-hydrogen) atoms. The molecule has 0 aliphatic heterocycles. The minimum atomic E-state index is -0.779. The lowest BCUT2D eigenvalue weighted by Crippen LogP contribution is -1.87. The van der Waals surface area contributed by atoms with Gasteiger partial charge in [0.1, 0.15) is 11.5 Å². The van der Waals surface area contributed by atoms with Gasteiger partial charge >= 0.3 is 0 Å². The molecule has 0 aromatic heterocycles. The summed E-state index contributed by atoms with van der Waals surface area (Å²) in [5.41, 5.74) is -1.45. The lowest BCUT2D eigenvalue weighted by Gasteiger charge is -2.05. The van der Waals surface area contributed by atoms with Crippen molar-refractivity contribution in [3.05, 3.63) is 48.3 Å². The van der Waals surface area contributed by atoms with Crippen LogP contribution in [-0.4, -0.2) is 0 Å². The van der Waals surface area contributed by atoms with Crippen LogP contribution < -0.4 is 16.2 Å². The standard InChI is InChI=1S/C12H12N2O/c13-9-1-5-11(6-2-9)15-12-7-3-10(14)4-8-12/h1-8H,13-14H2/i1D,2D,3D,4D,5D,6D,7D,8D/hD4. The lowest BCUT2D eigenvalue weighted by atomic mass is 10.3. The summed E-state index contributed by atoms with van der Waals surface area (Å²) in [6.45, 7) is 0. The largest absolute Gasteiger partial charge is 0.457 e. The van der Waals surface area contributed by atoms with Gasteiger partial charge in [0.2, 0.25) is 0 Å². The summed E-state index contributed by atoms with van der Waals surface area (Å²) >= 11 is 0. The van der Waals surface area contributed by atoms with Crippen LogP contribution in [0.1, 0.15) is 11.0 Å². The number of nitrogen functional groups attached to an aromatic ring is 2. The molecule has 0 aliphatic carbocycles. The first-order valence-electron chi connectivity index (χ1n) is 9.64. The zero-order valence-electron chi connectivity index (χ0n) is 19.3. The van der Waals surface area contributed by atoms with Crippen molar-refractivity contribution in [2.24, 2.45) is 0 Å². The zero-order valence-corrected chi connectivity index (χ0v) is 7.30. The Morgan fingerprint density at radius 2 is 1.20 bits per heavy atom. The smallest absolute Gasteiger partial charge is 0.156 e. The number of nitrogens with two attached hydrogens (primary N) is 2. The summed E-state index contributed by atoms with van der Waals surface area (Å²) in [7, 11) is 0. The molecule has 4 N–H and O–H groups in total. The van der Waals surface area contributed by atoms with Crippen LogP contribution in [0.3, 0.4) is 0 Å². The van der Waals surface area contributed by atoms with Crippen molar-refractivity contribution in [2.75, 3.05) is 11.4 Å². The maximum Gasteiger partial charge on any atom is 0.156 e. The van der Waals surface area contributed by atoms with Gasteiger partial charge in [-0.1, -0.05) is 0 Å². The fourth-order valence-electron chi connectivity index (χ4n) is 0.793. The van der Waals surface area contributed by atoms with Crippen LogP contribution in [0.4, 0.5) is 11.4 Å². The molecule has 0 saturated heterocycles. The van der Waals surface area contributed by atoms with E-state index in [1.165, 1.54) is 0 Å². The van der Waals surface area contributed by atoms with Crippen LogP contribution in [0, 0.1) is 0 Å². The van der Waals surface area contributed by atoms with Gasteiger partial charge in [0, 0.05) is 11.4 Å². The van der Waals surface area contributed by atoms with E-state index in [0.717, 1.165) is 0 Å². The summed E-state index contributed by atoms with van der Waals surface area (Å²) in [5.74, 6) is -1.42. The number of hydrogen-bond acceptors (Lipinski definition) is 3. The van der Waals surface area contributed by atoms with E-state index in [2.05, 4.69) is 0 Å². The van der Waals surface area contributed by atoms with Gasteiger partial charge in [0.05, 0.1) is 11.0 Å². The summed E-state index contributed by atoms with van der Waals surface area (Å²) in [4.78, 5) is 0. The second-order valence-corrected chi connectivity index (χ2v) is 2.46. The molecule has 0 bridgehead atoms. The SMILES string of the molecule is [2H]c1c([2H])c(N([2H])[2H])c([2H])c([2H])c1Oc1c([2H])c([2H])c(N([2H])[2H])c([2H])c1[2H]. The summed E-state index contributed by atoms with van der Waals surface area (Å²) in [6, 6.07) is -6.15. The Labute approximate surface area is 105 Å². The van der Waals surface area contributed by atoms with Gasteiger partial charge in [-0.15, -0.1) is 0 Å². The van der Waals surface area contributed by atoms with E-state index < -0.39 is 71.2 Å². The first-order valence-corrected chi connectivity index (χ1v) is 3.86. The van der Waals surface area contributed by atoms with E-state index in [9.17, 15) is 0 Å². The van der Waals surface area contributed by atoms with Crippen molar-refractivity contribution in [3.8, 4) is 11.5 Å². The van der Waals surface area contributed by atoms with Crippen molar-refractivity contribution in [1.82, 2.24) is 0 Å². The highest BCUT2D eigenvalue weighted by molar-refractivity contribution is 5.45. The molecule has 0 fully saturated rings. The molecule has 0 spiro atoms. The molecule has 2 aromatic carbocycles. The predicted molar refractivity (Wildman–Crippen MR) is 61.8 cm³/mol. The van der Waals surface area contributed by atoms with Crippen molar-refractivity contribution in [1.29, 1.82) is 0 Å². The van der Waals surface area contributed by atoms with E-state index in [0.29, 0.717) is 0 Å². The normalized spacial score (nSPS) is 20.5. The van der Waals surface area contributed by atoms with Crippen LogP contribution in [0.2, 0.25) is 5.65 Å². The number of ether oxygens (including phenoxy) is 1. The van der Waals surface area contributed by atoms with Crippen LogP contribution >= 0.6 is 0 Å². The molecule has 2 aromatic rings. The average molecular weight is 212 g/mol. The molecule has 0 heterocycles. The fraction of sp³-hybridized carbons (Fsp3) is 0. The van der Waals surface area contributed by atoms with E-state index in [1.54, 1.807) is 0 Å². The quantitative estimate of drug-likeness (QED) is 0.766. The van der Waals surface area contributed by atoms with Gasteiger partial charge in [-0.3, -0.25) is 0 Å². The van der Waals surface area contributed by atoms with Crippen molar-refractivity contribution in [3.63, 3.8) is 0 Å². The van der Waals surface area contributed by atoms with Gasteiger partial charge in [-0.05, 0) is 48.3 Å². The Morgan fingerprint density at radius 1 is 0.800 bits per heavy atom. The van der Waals surface area contributed by atoms with Crippen LogP contribution in [0.15, 0.2) is 48.3 Å². The van der Waals surface area contributed by atoms with E-state index >= 15 is 0 Å². The second-order valence-electron chi connectivity index (χ2n) is 2.46. The molecule has 0 amide bonds. The predicted octanol–water partition coefficient (Wildman–Crippen LogP) is 2.64. The van der Waals surface area contributed by atoms with Gasteiger partial charge in [0.15, 0.2) is 5.65 Å². The number of rotatable bonds is 4. The van der Waals surface area contributed by atoms with Gasteiger partial charge < -0.3 is 16.2 Å². The number of benzene rings is 2. The minimum absolute atomic E-state index is 0.0912. The Hall–Kier alpha value is -2.16. The minimum Gasteiger partial charge on any atom is -0.457 e. The molecule has 0 unspecified atom stereocenters. The third-order valence-corrected chi connectivity index (χ3v) is 1.38. The van der Waals surface area contributed by atoms with Crippen molar-refractivity contribution < 1.29 is 21.4 Å². The van der Waals surface area contributed by atoms with E-state index in [1.807, 2.05) is 0 Å². The lowest BCUT2D eigenvalue weighted by molar-refractivity contribution is 0.483. The maximum absolute atomic E-state index is 7.88. The second kappa shape index (κ2) is 3.92. The maximum atomic E-state index is 7.88. The van der Waals surface area contributed by atoms with Crippen LogP contribution in [0.25, 0.3) is 0 Å². The van der Waals surface area contributed by atoms with Gasteiger partial charge in [-0.2, -0.15) is 0 Å². The highest BCUT2D eigenvalue weighted by Gasteiger charge is 1.96. The third kappa shape index (κ3) is 2.40. The molecule has 0 radical (unpaired) electrons. The van der Waals surface area contributed by atoms with E-state index in [4.69, 9.17) is 21.4 Å². The molecule has 3 nitrogen and oxygen atoms in total.